The Morgan fingerprint density at radius 1 is 1.67 bits per heavy atom. The van der Waals surface area contributed by atoms with Crippen LogP contribution in [-0.2, 0) is 9.47 Å². The summed E-state index contributed by atoms with van der Waals surface area (Å²) in [5, 5.41) is 0. The van der Waals surface area contributed by atoms with Gasteiger partial charge in [0.2, 0.25) is 0 Å². The van der Waals surface area contributed by atoms with Gasteiger partial charge >= 0.3 is 0 Å². The lowest BCUT2D eigenvalue weighted by atomic mass is 10.2. The van der Waals surface area contributed by atoms with E-state index in [0.717, 1.165) is 26.2 Å². The van der Waals surface area contributed by atoms with Crippen molar-refractivity contribution >= 4 is 0 Å². The van der Waals surface area contributed by atoms with Crippen LogP contribution in [0.25, 0.3) is 0 Å². The van der Waals surface area contributed by atoms with Crippen molar-refractivity contribution in [3.8, 4) is 0 Å². The molecule has 0 bridgehead atoms. The summed E-state index contributed by atoms with van der Waals surface area (Å²) in [7, 11) is 1.74. The molecule has 0 aliphatic carbocycles. The highest BCUT2D eigenvalue weighted by atomic mass is 16.5. The minimum atomic E-state index is 0.208. The number of methoxy groups -OCH3 is 1. The topological polar surface area (TPSA) is 21.7 Å². The van der Waals surface area contributed by atoms with Crippen LogP contribution in [0.2, 0.25) is 0 Å². The molecule has 1 heterocycles. The molecule has 3 heteroatoms. The molecule has 1 aliphatic rings. The second-order valence-electron chi connectivity index (χ2n) is 3.24. The fraction of sp³-hybridized carbons (Fsp3) is 1.00. The van der Waals surface area contributed by atoms with E-state index in [1.165, 1.54) is 0 Å². The highest BCUT2D eigenvalue weighted by Gasteiger charge is 2.24. The molecular weight excluding hydrogens is 154 g/mol. The summed E-state index contributed by atoms with van der Waals surface area (Å²) in [5.74, 6) is 0. The maximum Gasteiger partial charge on any atom is 0.0960 e. The molecule has 2 atom stereocenters. The van der Waals surface area contributed by atoms with Crippen LogP contribution in [0.1, 0.15) is 13.8 Å². The summed E-state index contributed by atoms with van der Waals surface area (Å²) >= 11 is 0. The van der Waals surface area contributed by atoms with Crippen LogP contribution in [0.15, 0.2) is 0 Å². The minimum Gasteiger partial charge on any atom is -0.379 e. The predicted octanol–water partition coefficient (Wildman–Crippen LogP) is 0.742. The van der Waals surface area contributed by atoms with Crippen molar-refractivity contribution in [3.05, 3.63) is 0 Å². The maximum absolute atomic E-state index is 5.60. The third-order valence-corrected chi connectivity index (χ3v) is 2.52. The molecule has 0 unspecified atom stereocenters. The summed E-state index contributed by atoms with van der Waals surface area (Å²) in [6.45, 7) is 8.25. The van der Waals surface area contributed by atoms with E-state index in [9.17, 15) is 0 Å². The number of hydrogen-bond acceptors (Lipinski definition) is 3. The van der Waals surface area contributed by atoms with Crippen molar-refractivity contribution < 1.29 is 9.47 Å². The smallest absolute Gasteiger partial charge is 0.0960 e. The van der Waals surface area contributed by atoms with Crippen molar-refractivity contribution in [2.75, 3.05) is 33.4 Å². The van der Waals surface area contributed by atoms with E-state index in [2.05, 4.69) is 18.7 Å². The molecule has 0 aromatic heterocycles. The molecule has 0 radical (unpaired) electrons. The van der Waals surface area contributed by atoms with Gasteiger partial charge in [-0.15, -0.1) is 0 Å². The number of ether oxygens (including phenoxy) is 2. The van der Waals surface area contributed by atoms with Crippen LogP contribution >= 0.6 is 0 Å². The fourth-order valence-electron chi connectivity index (χ4n) is 1.45. The third-order valence-electron chi connectivity index (χ3n) is 2.52. The molecule has 1 rings (SSSR count). The largest absolute Gasteiger partial charge is 0.379 e. The number of morpholine rings is 1. The van der Waals surface area contributed by atoms with E-state index >= 15 is 0 Å². The van der Waals surface area contributed by atoms with Crippen molar-refractivity contribution in [3.63, 3.8) is 0 Å². The van der Waals surface area contributed by atoms with E-state index in [1.807, 2.05) is 0 Å². The summed E-state index contributed by atoms with van der Waals surface area (Å²) in [5.41, 5.74) is 0. The molecule has 1 saturated heterocycles. The average Bonchev–Trinajstić information content (AvgIpc) is 2.17. The molecule has 0 saturated carbocycles. The molecule has 0 N–H and O–H groups in total. The van der Waals surface area contributed by atoms with Gasteiger partial charge in [-0.05, 0) is 13.5 Å². The van der Waals surface area contributed by atoms with Gasteiger partial charge in [-0.2, -0.15) is 0 Å². The molecule has 0 aromatic rings. The zero-order valence-electron chi connectivity index (χ0n) is 8.25. The third kappa shape index (κ3) is 2.44. The van der Waals surface area contributed by atoms with Gasteiger partial charge in [-0.3, -0.25) is 4.90 Å². The van der Waals surface area contributed by atoms with Crippen LogP contribution < -0.4 is 0 Å². The highest BCUT2D eigenvalue weighted by Crippen LogP contribution is 2.10. The molecule has 3 nitrogen and oxygen atoms in total. The van der Waals surface area contributed by atoms with E-state index < -0.39 is 0 Å². The maximum atomic E-state index is 5.60. The molecule has 0 spiro atoms. The molecule has 12 heavy (non-hydrogen) atoms. The zero-order chi connectivity index (χ0) is 8.97. The summed E-state index contributed by atoms with van der Waals surface area (Å²) in [4.78, 5) is 2.39. The molecule has 1 fully saturated rings. The van der Waals surface area contributed by atoms with Gasteiger partial charge < -0.3 is 9.47 Å². The number of hydrogen-bond donors (Lipinski definition) is 0. The standard InChI is InChI=1S/C9H19NO2/c1-4-10-5-6-12-9(7-10)8(2)11-3/h8-9H,4-7H2,1-3H3/t8-,9-/m1/s1. The van der Waals surface area contributed by atoms with Crippen molar-refractivity contribution in [2.45, 2.75) is 26.1 Å². The summed E-state index contributed by atoms with van der Waals surface area (Å²) < 4.78 is 10.8. The molecule has 72 valence electrons. The lowest BCUT2D eigenvalue weighted by Gasteiger charge is -2.34. The first-order valence-electron chi connectivity index (χ1n) is 4.64. The molecule has 0 aromatic carbocycles. The quantitative estimate of drug-likeness (QED) is 0.628. The van der Waals surface area contributed by atoms with Crippen molar-refractivity contribution in [1.82, 2.24) is 4.90 Å². The van der Waals surface area contributed by atoms with E-state index in [-0.39, 0.29) is 12.2 Å². The van der Waals surface area contributed by atoms with Gasteiger partial charge in [0.15, 0.2) is 0 Å². The SMILES string of the molecule is CCN1CCO[C@@H]([C@@H](C)OC)C1. The van der Waals surface area contributed by atoms with Gasteiger partial charge in [-0.1, -0.05) is 6.92 Å². The van der Waals surface area contributed by atoms with Gasteiger partial charge in [-0.25, -0.2) is 0 Å². The number of nitrogens with zero attached hydrogens (tertiary/aromatic N) is 1. The molecule has 0 amide bonds. The minimum absolute atomic E-state index is 0.208. The van der Waals surface area contributed by atoms with E-state index in [4.69, 9.17) is 9.47 Å². The Labute approximate surface area is 74.6 Å². The number of likely N-dealkylation sites (N-methyl/N-ethyl adjacent to an activating group) is 1. The fourth-order valence-corrected chi connectivity index (χ4v) is 1.45. The van der Waals surface area contributed by atoms with Gasteiger partial charge in [0.1, 0.15) is 0 Å². The lowest BCUT2D eigenvalue weighted by molar-refractivity contribution is -0.0931. The predicted molar refractivity (Wildman–Crippen MR) is 48.3 cm³/mol. The Morgan fingerprint density at radius 3 is 3.00 bits per heavy atom. The Hall–Kier alpha value is -0.120. The summed E-state index contributed by atoms with van der Waals surface area (Å²) in [6, 6.07) is 0. The average molecular weight is 173 g/mol. The first-order valence-corrected chi connectivity index (χ1v) is 4.64. The first kappa shape index (κ1) is 9.96. The Kier molecular flexibility index (Phi) is 3.98. The normalized spacial score (nSPS) is 28.8. The first-order chi connectivity index (χ1) is 5.77. The second-order valence-corrected chi connectivity index (χ2v) is 3.24. The van der Waals surface area contributed by atoms with Crippen LogP contribution in [0, 0.1) is 0 Å². The van der Waals surface area contributed by atoms with Crippen LogP contribution in [0.3, 0.4) is 0 Å². The van der Waals surface area contributed by atoms with Gasteiger partial charge in [0.25, 0.3) is 0 Å². The van der Waals surface area contributed by atoms with Gasteiger partial charge in [0, 0.05) is 20.2 Å². The Balaban J connectivity index is 2.34. The van der Waals surface area contributed by atoms with Crippen LogP contribution in [-0.4, -0.2) is 50.5 Å². The van der Waals surface area contributed by atoms with Crippen LogP contribution in [0.4, 0.5) is 0 Å². The summed E-state index contributed by atoms with van der Waals surface area (Å²) in [6.07, 6.45) is 0.461. The van der Waals surface area contributed by atoms with E-state index in [1.54, 1.807) is 7.11 Å². The molecular formula is C9H19NO2. The Morgan fingerprint density at radius 2 is 2.42 bits per heavy atom. The highest BCUT2D eigenvalue weighted by molar-refractivity contribution is 4.75. The zero-order valence-corrected chi connectivity index (χ0v) is 8.25. The Bertz CT molecular complexity index is 128. The number of rotatable bonds is 3. The van der Waals surface area contributed by atoms with Crippen molar-refractivity contribution in [1.29, 1.82) is 0 Å². The van der Waals surface area contributed by atoms with Crippen LogP contribution in [0.5, 0.6) is 0 Å². The molecule has 1 aliphatic heterocycles. The van der Waals surface area contributed by atoms with Gasteiger partial charge in [0.05, 0.1) is 18.8 Å². The van der Waals surface area contributed by atoms with E-state index in [0.29, 0.717) is 0 Å². The monoisotopic (exact) mass is 173 g/mol. The lowest BCUT2D eigenvalue weighted by Crippen LogP contribution is -2.47. The van der Waals surface area contributed by atoms with Crippen molar-refractivity contribution in [2.24, 2.45) is 0 Å². The second kappa shape index (κ2) is 4.80.